The number of hydrogen-bond acceptors (Lipinski definition) is 5. The van der Waals surface area contributed by atoms with E-state index in [1.54, 1.807) is 31.4 Å². The van der Waals surface area contributed by atoms with Gasteiger partial charge in [-0.1, -0.05) is 24.3 Å². The third kappa shape index (κ3) is 4.29. The van der Waals surface area contributed by atoms with Gasteiger partial charge in [0, 0.05) is 12.6 Å². The summed E-state index contributed by atoms with van der Waals surface area (Å²) in [6.45, 7) is 0. The zero-order valence-electron chi connectivity index (χ0n) is 13.0. The number of nitrogens with one attached hydrogen (secondary N) is 1. The van der Waals surface area contributed by atoms with E-state index in [2.05, 4.69) is 10.3 Å². The van der Waals surface area contributed by atoms with E-state index in [9.17, 15) is 9.59 Å². The maximum Gasteiger partial charge on any atom is 0.328 e. The van der Waals surface area contributed by atoms with Crippen LogP contribution in [0.5, 0.6) is 5.75 Å². The normalized spacial score (nSPS) is 11.4. The molecule has 23 heavy (non-hydrogen) atoms. The van der Waals surface area contributed by atoms with Crippen molar-refractivity contribution in [3.8, 4) is 5.75 Å². The van der Waals surface area contributed by atoms with Crippen molar-refractivity contribution in [2.45, 2.75) is 12.5 Å². The number of benzene rings is 1. The lowest BCUT2D eigenvalue weighted by atomic mass is 10.0. The Balaban J connectivity index is 2.17. The fraction of sp³-hybridized carbons (Fsp3) is 0.235. The highest BCUT2D eigenvalue weighted by atomic mass is 16.5. The molecule has 0 saturated carbocycles. The molecule has 1 N–H and O–H groups in total. The number of aromatic nitrogens is 1. The van der Waals surface area contributed by atoms with E-state index < -0.39 is 17.9 Å². The van der Waals surface area contributed by atoms with Crippen LogP contribution >= 0.6 is 0 Å². The lowest BCUT2D eigenvalue weighted by Crippen LogP contribution is -2.43. The first-order valence-electron chi connectivity index (χ1n) is 7.07. The first-order chi connectivity index (χ1) is 11.2. The van der Waals surface area contributed by atoms with Crippen LogP contribution in [0.2, 0.25) is 0 Å². The van der Waals surface area contributed by atoms with Gasteiger partial charge in [0.2, 0.25) is 0 Å². The minimum atomic E-state index is -0.828. The zero-order chi connectivity index (χ0) is 16.7. The number of para-hydroxylation sites is 1. The lowest BCUT2D eigenvalue weighted by molar-refractivity contribution is -0.142. The van der Waals surface area contributed by atoms with Gasteiger partial charge < -0.3 is 14.8 Å². The molecule has 6 heteroatoms. The van der Waals surface area contributed by atoms with E-state index in [4.69, 9.17) is 9.47 Å². The Bertz CT molecular complexity index is 673. The maximum absolute atomic E-state index is 12.2. The van der Waals surface area contributed by atoms with Gasteiger partial charge >= 0.3 is 5.97 Å². The molecule has 6 nitrogen and oxygen atoms in total. The summed E-state index contributed by atoms with van der Waals surface area (Å²) in [6, 6.07) is 11.5. The second-order valence-electron chi connectivity index (χ2n) is 4.78. The number of carbonyl (C=O) groups is 2. The molecular weight excluding hydrogens is 296 g/mol. The summed E-state index contributed by atoms with van der Waals surface area (Å²) in [4.78, 5) is 28.2. The number of nitrogens with zero attached hydrogens (tertiary/aromatic N) is 1. The Kier molecular flexibility index (Phi) is 5.68. The van der Waals surface area contributed by atoms with Crippen molar-refractivity contribution in [2.75, 3.05) is 14.2 Å². The molecular formula is C17H18N2O4. The fourth-order valence-electron chi connectivity index (χ4n) is 2.16. The van der Waals surface area contributed by atoms with Crippen LogP contribution in [0.4, 0.5) is 0 Å². The minimum Gasteiger partial charge on any atom is -0.496 e. The zero-order valence-corrected chi connectivity index (χ0v) is 13.0. The largest absolute Gasteiger partial charge is 0.496 e. The molecule has 2 rings (SSSR count). The smallest absolute Gasteiger partial charge is 0.328 e. The number of pyridine rings is 1. The van der Waals surface area contributed by atoms with E-state index in [1.165, 1.54) is 13.3 Å². The van der Waals surface area contributed by atoms with Crippen LogP contribution in [0.15, 0.2) is 48.7 Å². The minimum absolute atomic E-state index is 0.237. The van der Waals surface area contributed by atoms with Gasteiger partial charge in [-0.2, -0.15) is 0 Å². The SMILES string of the molecule is COC(=O)[C@@H](Cc1ccccc1OC)NC(=O)c1ccccn1. The van der Waals surface area contributed by atoms with E-state index in [1.807, 2.05) is 18.2 Å². The van der Waals surface area contributed by atoms with Gasteiger partial charge in [-0.15, -0.1) is 0 Å². The van der Waals surface area contributed by atoms with Crippen LogP contribution in [-0.4, -0.2) is 37.1 Å². The average Bonchev–Trinajstić information content (AvgIpc) is 2.61. The molecule has 0 bridgehead atoms. The number of hydrogen-bond donors (Lipinski definition) is 1. The second kappa shape index (κ2) is 7.93. The van der Waals surface area contributed by atoms with E-state index in [0.29, 0.717) is 5.75 Å². The number of esters is 1. The standard InChI is InChI=1S/C17H18N2O4/c1-22-15-9-4-3-7-12(15)11-14(17(21)23-2)19-16(20)13-8-5-6-10-18-13/h3-10,14H,11H2,1-2H3,(H,19,20)/t14-/m1/s1. The third-order valence-corrected chi connectivity index (χ3v) is 3.31. The monoisotopic (exact) mass is 314 g/mol. The molecule has 0 saturated heterocycles. The van der Waals surface area contributed by atoms with Crippen molar-refractivity contribution in [1.29, 1.82) is 0 Å². The Morgan fingerprint density at radius 2 is 1.87 bits per heavy atom. The highest BCUT2D eigenvalue weighted by Crippen LogP contribution is 2.19. The lowest BCUT2D eigenvalue weighted by Gasteiger charge is -2.17. The van der Waals surface area contributed by atoms with Crippen LogP contribution in [0.3, 0.4) is 0 Å². The summed E-state index contributed by atoms with van der Waals surface area (Å²) in [6.07, 6.45) is 1.78. The average molecular weight is 314 g/mol. The predicted octanol–water partition coefficient (Wildman–Crippen LogP) is 1.60. The first kappa shape index (κ1) is 16.5. The van der Waals surface area contributed by atoms with E-state index >= 15 is 0 Å². The Morgan fingerprint density at radius 1 is 1.13 bits per heavy atom. The maximum atomic E-state index is 12.2. The molecule has 0 fully saturated rings. The molecule has 1 aromatic carbocycles. The molecule has 120 valence electrons. The first-order valence-corrected chi connectivity index (χ1v) is 7.07. The second-order valence-corrected chi connectivity index (χ2v) is 4.78. The number of ether oxygens (including phenoxy) is 2. The number of rotatable bonds is 6. The van der Waals surface area contributed by atoms with Gasteiger partial charge in [0.25, 0.3) is 5.91 Å². The van der Waals surface area contributed by atoms with Crippen LogP contribution in [0.25, 0.3) is 0 Å². The van der Waals surface area contributed by atoms with Crippen molar-refractivity contribution in [3.63, 3.8) is 0 Å². The number of amides is 1. The summed E-state index contributed by atoms with van der Waals surface area (Å²) in [5.74, 6) is -0.315. The molecule has 0 aliphatic rings. The van der Waals surface area contributed by atoms with Crippen LogP contribution in [-0.2, 0) is 16.0 Å². The summed E-state index contributed by atoms with van der Waals surface area (Å²) in [5, 5.41) is 2.65. The van der Waals surface area contributed by atoms with Gasteiger partial charge in [0.05, 0.1) is 14.2 Å². The molecule has 1 atom stereocenters. The highest BCUT2D eigenvalue weighted by molar-refractivity contribution is 5.95. The van der Waals surface area contributed by atoms with E-state index in [0.717, 1.165) is 5.56 Å². The fourth-order valence-corrected chi connectivity index (χ4v) is 2.16. The van der Waals surface area contributed by atoms with Gasteiger partial charge in [-0.05, 0) is 23.8 Å². The topological polar surface area (TPSA) is 77.5 Å². The summed E-state index contributed by atoms with van der Waals surface area (Å²) < 4.78 is 10.1. The Morgan fingerprint density at radius 3 is 2.52 bits per heavy atom. The number of carbonyl (C=O) groups excluding carboxylic acids is 2. The molecule has 1 amide bonds. The Labute approximate surface area is 134 Å². The summed E-state index contributed by atoms with van der Waals surface area (Å²) in [5.41, 5.74) is 1.04. The number of methoxy groups -OCH3 is 2. The van der Waals surface area contributed by atoms with Crippen molar-refractivity contribution in [1.82, 2.24) is 10.3 Å². The molecule has 2 aromatic rings. The molecule has 0 radical (unpaired) electrons. The van der Waals surface area contributed by atoms with Gasteiger partial charge in [0.1, 0.15) is 17.5 Å². The molecule has 1 aromatic heterocycles. The molecule has 0 spiro atoms. The quantitative estimate of drug-likeness (QED) is 0.820. The van der Waals surface area contributed by atoms with Crippen molar-refractivity contribution < 1.29 is 19.1 Å². The highest BCUT2D eigenvalue weighted by Gasteiger charge is 2.24. The Hall–Kier alpha value is -2.89. The molecule has 1 heterocycles. The predicted molar refractivity (Wildman–Crippen MR) is 84.2 cm³/mol. The summed E-state index contributed by atoms with van der Waals surface area (Å²) >= 11 is 0. The van der Waals surface area contributed by atoms with Crippen LogP contribution in [0, 0.1) is 0 Å². The van der Waals surface area contributed by atoms with Crippen LogP contribution in [0.1, 0.15) is 16.1 Å². The molecule has 0 aliphatic carbocycles. The molecule has 0 unspecified atom stereocenters. The third-order valence-electron chi connectivity index (χ3n) is 3.31. The molecule has 0 aliphatic heterocycles. The van der Waals surface area contributed by atoms with Crippen molar-refractivity contribution >= 4 is 11.9 Å². The van der Waals surface area contributed by atoms with Gasteiger partial charge in [-0.25, -0.2) is 4.79 Å². The van der Waals surface area contributed by atoms with Gasteiger partial charge in [0.15, 0.2) is 0 Å². The van der Waals surface area contributed by atoms with E-state index in [-0.39, 0.29) is 12.1 Å². The van der Waals surface area contributed by atoms with Gasteiger partial charge in [-0.3, -0.25) is 9.78 Å². The van der Waals surface area contributed by atoms with Crippen molar-refractivity contribution in [3.05, 3.63) is 59.9 Å². The summed E-state index contributed by atoms with van der Waals surface area (Å²) in [7, 11) is 2.84. The van der Waals surface area contributed by atoms with Crippen LogP contribution < -0.4 is 10.1 Å². The van der Waals surface area contributed by atoms with Crippen molar-refractivity contribution in [2.24, 2.45) is 0 Å².